The molecule has 0 aliphatic carbocycles. The Bertz CT molecular complexity index is 485. The van der Waals surface area contributed by atoms with Crippen LogP contribution in [0.2, 0.25) is 5.02 Å². The molecule has 5 heteroatoms. The molecule has 0 saturated carbocycles. The van der Waals surface area contributed by atoms with Crippen molar-refractivity contribution >= 4 is 23.5 Å². The number of hydrogen-bond acceptors (Lipinski definition) is 4. The Morgan fingerprint density at radius 3 is 2.52 bits per heavy atom. The highest BCUT2D eigenvalue weighted by Gasteiger charge is 2.11. The molecule has 0 radical (unpaired) electrons. The van der Waals surface area contributed by atoms with Gasteiger partial charge in [-0.05, 0) is 31.0 Å². The molecule has 0 bridgehead atoms. The summed E-state index contributed by atoms with van der Waals surface area (Å²) >= 11 is 5.97. The van der Waals surface area contributed by atoms with Crippen molar-refractivity contribution in [2.45, 2.75) is 46.0 Å². The van der Waals surface area contributed by atoms with Crippen LogP contribution < -0.4 is 4.74 Å². The molecule has 0 saturated heterocycles. The average molecular weight is 313 g/mol. The molecule has 21 heavy (non-hydrogen) atoms. The SMILES string of the molecule is CCCCCOC(=O)CCC(=O)Oc1ccc(C)cc1Cl. The van der Waals surface area contributed by atoms with Gasteiger partial charge in [0.25, 0.3) is 0 Å². The van der Waals surface area contributed by atoms with Gasteiger partial charge in [0.05, 0.1) is 24.5 Å². The molecule has 1 aromatic carbocycles. The van der Waals surface area contributed by atoms with E-state index in [2.05, 4.69) is 6.92 Å². The summed E-state index contributed by atoms with van der Waals surface area (Å²) in [7, 11) is 0. The van der Waals surface area contributed by atoms with Crippen LogP contribution in [0.5, 0.6) is 5.75 Å². The van der Waals surface area contributed by atoms with Gasteiger partial charge in [0.15, 0.2) is 0 Å². The van der Waals surface area contributed by atoms with E-state index in [0.29, 0.717) is 17.4 Å². The summed E-state index contributed by atoms with van der Waals surface area (Å²) in [5, 5.41) is 0.380. The van der Waals surface area contributed by atoms with Crippen molar-refractivity contribution in [1.29, 1.82) is 0 Å². The van der Waals surface area contributed by atoms with Crippen LogP contribution >= 0.6 is 11.6 Å². The maximum Gasteiger partial charge on any atom is 0.311 e. The van der Waals surface area contributed by atoms with Crippen LogP contribution in [0.15, 0.2) is 18.2 Å². The van der Waals surface area contributed by atoms with Gasteiger partial charge in [-0.3, -0.25) is 9.59 Å². The monoisotopic (exact) mass is 312 g/mol. The zero-order valence-electron chi connectivity index (χ0n) is 12.5. The summed E-state index contributed by atoms with van der Waals surface area (Å²) < 4.78 is 10.1. The molecule has 0 aliphatic heterocycles. The minimum absolute atomic E-state index is 0.0170. The molecule has 0 amide bonds. The first kappa shape index (κ1) is 17.5. The number of halogens is 1. The standard InChI is InChI=1S/C16H21ClO4/c1-3-4-5-10-20-15(18)8-9-16(19)21-14-7-6-12(2)11-13(14)17/h6-7,11H,3-5,8-10H2,1-2H3. The van der Waals surface area contributed by atoms with Gasteiger partial charge >= 0.3 is 11.9 Å². The Morgan fingerprint density at radius 1 is 1.14 bits per heavy atom. The lowest BCUT2D eigenvalue weighted by molar-refractivity contribution is -0.147. The number of rotatable bonds is 8. The third kappa shape index (κ3) is 7.14. The fourth-order valence-electron chi connectivity index (χ4n) is 1.68. The van der Waals surface area contributed by atoms with Crippen molar-refractivity contribution < 1.29 is 19.1 Å². The number of hydrogen-bond donors (Lipinski definition) is 0. The molecule has 0 unspecified atom stereocenters. The van der Waals surface area contributed by atoms with E-state index in [1.807, 2.05) is 6.92 Å². The summed E-state index contributed by atoms with van der Waals surface area (Å²) in [5.41, 5.74) is 0.982. The van der Waals surface area contributed by atoms with Gasteiger partial charge < -0.3 is 9.47 Å². The molecule has 4 nitrogen and oxygen atoms in total. The van der Waals surface area contributed by atoms with Gasteiger partial charge in [-0.2, -0.15) is 0 Å². The number of unbranched alkanes of at least 4 members (excludes halogenated alkanes) is 2. The Morgan fingerprint density at radius 2 is 1.86 bits per heavy atom. The van der Waals surface area contributed by atoms with E-state index in [1.54, 1.807) is 18.2 Å². The quantitative estimate of drug-likeness (QED) is 0.412. The van der Waals surface area contributed by atoms with Gasteiger partial charge in [-0.15, -0.1) is 0 Å². The number of carbonyl (C=O) groups is 2. The van der Waals surface area contributed by atoms with Gasteiger partial charge in [-0.25, -0.2) is 0 Å². The van der Waals surface area contributed by atoms with Crippen LogP contribution in [0, 0.1) is 6.92 Å². The lowest BCUT2D eigenvalue weighted by atomic mass is 10.2. The third-order valence-electron chi connectivity index (χ3n) is 2.86. The summed E-state index contributed by atoms with van der Waals surface area (Å²) in [6.07, 6.45) is 2.96. The topological polar surface area (TPSA) is 52.6 Å². The van der Waals surface area contributed by atoms with Gasteiger partial charge in [0, 0.05) is 0 Å². The second-order valence-corrected chi connectivity index (χ2v) is 5.24. The number of esters is 2. The molecule has 0 N–H and O–H groups in total. The van der Waals surface area contributed by atoms with E-state index >= 15 is 0 Å². The highest BCUT2D eigenvalue weighted by molar-refractivity contribution is 6.32. The summed E-state index contributed by atoms with van der Waals surface area (Å²) in [6.45, 7) is 4.38. The Hall–Kier alpha value is -1.55. The number of ether oxygens (including phenoxy) is 2. The first-order valence-electron chi connectivity index (χ1n) is 7.15. The first-order valence-corrected chi connectivity index (χ1v) is 7.53. The second kappa shape index (κ2) is 9.40. The average Bonchev–Trinajstić information content (AvgIpc) is 2.44. The van der Waals surface area contributed by atoms with Crippen molar-refractivity contribution in [1.82, 2.24) is 0 Å². The van der Waals surface area contributed by atoms with Crippen molar-refractivity contribution in [3.05, 3.63) is 28.8 Å². The normalized spacial score (nSPS) is 10.2. The van der Waals surface area contributed by atoms with Crippen molar-refractivity contribution in [2.75, 3.05) is 6.61 Å². The predicted octanol–water partition coefficient (Wildman–Crippen LogP) is 4.07. The first-order chi connectivity index (χ1) is 10.0. The number of aryl methyl sites for hydroxylation is 1. The molecule has 1 rings (SSSR count). The Labute approximate surface area is 130 Å². The molecule has 1 aromatic rings. The van der Waals surface area contributed by atoms with Crippen molar-refractivity contribution in [3.8, 4) is 5.75 Å². The lowest BCUT2D eigenvalue weighted by Crippen LogP contribution is -2.13. The Balaban J connectivity index is 2.29. The summed E-state index contributed by atoms with van der Waals surface area (Å²) in [4.78, 5) is 23.1. The number of carbonyl (C=O) groups excluding carboxylic acids is 2. The van der Waals surface area contributed by atoms with E-state index in [4.69, 9.17) is 21.1 Å². The largest absolute Gasteiger partial charge is 0.466 e. The van der Waals surface area contributed by atoms with E-state index < -0.39 is 5.97 Å². The molecule has 0 atom stereocenters. The van der Waals surface area contributed by atoms with Gasteiger partial charge in [-0.1, -0.05) is 37.4 Å². The predicted molar refractivity (Wildman–Crippen MR) is 81.5 cm³/mol. The maximum absolute atomic E-state index is 11.6. The van der Waals surface area contributed by atoms with Crippen molar-refractivity contribution in [3.63, 3.8) is 0 Å². The molecule has 0 spiro atoms. The fourth-order valence-corrected chi connectivity index (χ4v) is 1.95. The van der Waals surface area contributed by atoms with E-state index in [9.17, 15) is 9.59 Å². The van der Waals surface area contributed by atoms with Crippen LogP contribution in [-0.4, -0.2) is 18.5 Å². The molecular formula is C16H21ClO4. The minimum atomic E-state index is -0.494. The van der Waals surface area contributed by atoms with Crippen LogP contribution in [0.1, 0.15) is 44.6 Å². The summed E-state index contributed by atoms with van der Waals surface area (Å²) in [5.74, 6) is -0.562. The van der Waals surface area contributed by atoms with E-state index in [0.717, 1.165) is 24.8 Å². The van der Waals surface area contributed by atoms with E-state index in [-0.39, 0.29) is 18.8 Å². The second-order valence-electron chi connectivity index (χ2n) is 4.84. The molecule has 0 heterocycles. The zero-order valence-corrected chi connectivity index (χ0v) is 13.2. The van der Waals surface area contributed by atoms with Crippen molar-refractivity contribution in [2.24, 2.45) is 0 Å². The zero-order chi connectivity index (χ0) is 15.7. The molecule has 116 valence electrons. The smallest absolute Gasteiger partial charge is 0.311 e. The molecular weight excluding hydrogens is 292 g/mol. The Kier molecular flexibility index (Phi) is 7.83. The van der Waals surface area contributed by atoms with Crippen LogP contribution in [0.25, 0.3) is 0 Å². The molecule has 0 fully saturated rings. The van der Waals surface area contributed by atoms with Gasteiger partial charge in [0.2, 0.25) is 0 Å². The minimum Gasteiger partial charge on any atom is -0.466 e. The van der Waals surface area contributed by atoms with Gasteiger partial charge in [0.1, 0.15) is 5.75 Å². The fraction of sp³-hybridized carbons (Fsp3) is 0.500. The highest BCUT2D eigenvalue weighted by atomic mass is 35.5. The van der Waals surface area contributed by atoms with E-state index in [1.165, 1.54) is 0 Å². The highest BCUT2D eigenvalue weighted by Crippen LogP contribution is 2.25. The molecule has 0 aromatic heterocycles. The lowest BCUT2D eigenvalue weighted by Gasteiger charge is -2.07. The van der Waals surface area contributed by atoms with Crippen LogP contribution in [-0.2, 0) is 14.3 Å². The summed E-state index contributed by atoms with van der Waals surface area (Å²) in [6, 6.07) is 5.15. The third-order valence-corrected chi connectivity index (χ3v) is 3.15. The van der Waals surface area contributed by atoms with Crippen LogP contribution in [0.4, 0.5) is 0 Å². The molecule has 0 aliphatic rings. The maximum atomic E-state index is 11.6. The number of benzene rings is 1. The van der Waals surface area contributed by atoms with Crippen LogP contribution in [0.3, 0.4) is 0 Å².